The van der Waals surface area contributed by atoms with Gasteiger partial charge in [-0.1, -0.05) is 73.3 Å². The van der Waals surface area contributed by atoms with Crippen LogP contribution in [0.5, 0.6) is 0 Å². The molecule has 0 N–H and O–H groups in total. The number of rotatable bonds is 4. The molecule has 1 aliphatic carbocycles. The minimum Gasteiger partial charge on any atom is -0.444 e. The molecule has 0 bridgehead atoms. The standard InChI is InChI=1S/C23H37NO3.C20H32N2O3.2CO2.CH4/c1-9-15-11-12-17(22(3,4)5)18(15)20(25)19-16(10-2)13-14-24(19)21(26)27-23(6,7)8;1-19(2,3)15-10-9-14-8-7-13-11-12-21(16(13)17(23)22(14)15)18(24)25-20(4,5)6;2*2-1-3;/h9-10,15-19H,1-2,11-14H2,3-8H3;7-8,13-16H,9-12H2,1-6H3;;;1H4/t15-,16-,17+,18?,19?;13-,14?,15-,16?;;;/m00.../s1. The number of fused-ring (bicyclic) bond motifs is 2. The highest BCUT2D eigenvalue weighted by Gasteiger charge is 2.53. The summed E-state index contributed by atoms with van der Waals surface area (Å²) in [5, 5.41) is 0. The molecule has 4 unspecified atom stereocenters. The number of likely N-dealkylation sites (tertiary alicyclic amines) is 2. The lowest BCUT2D eigenvalue weighted by atomic mass is 9.70. The highest BCUT2D eigenvalue weighted by atomic mass is 16.6. The van der Waals surface area contributed by atoms with Gasteiger partial charge in [0.2, 0.25) is 5.91 Å². The molecular weight excluding hydrogens is 755 g/mol. The molecule has 59 heavy (non-hydrogen) atoms. The van der Waals surface area contributed by atoms with Crippen molar-refractivity contribution < 1.29 is 47.8 Å². The van der Waals surface area contributed by atoms with Gasteiger partial charge < -0.3 is 14.4 Å². The van der Waals surface area contributed by atoms with Gasteiger partial charge in [-0.15, -0.1) is 13.2 Å². The number of hydrogen-bond acceptors (Lipinski definition) is 10. The Hall–Kier alpha value is -4.34. The molecule has 13 heteroatoms. The molecule has 4 aliphatic heterocycles. The second kappa shape index (κ2) is 21.3. The predicted molar refractivity (Wildman–Crippen MR) is 223 cm³/mol. The van der Waals surface area contributed by atoms with Crippen LogP contribution < -0.4 is 0 Å². The number of allylic oxidation sites excluding steroid dienone is 1. The van der Waals surface area contributed by atoms with Crippen LogP contribution in [0.1, 0.15) is 129 Å². The Morgan fingerprint density at radius 2 is 1.17 bits per heavy atom. The molecule has 4 fully saturated rings. The zero-order chi connectivity index (χ0) is 44.6. The van der Waals surface area contributed by atoms with Gasteiger partial charge in [0.25, 0.3) is 0 Å². The highest BCUT2D eigenvalue weighted by molar-refractivity contribution is 5.91. The van der Waals surface area contributed by atoms with E-state index in [1.807, 2.05) is 53.7 Å². The summed E-state index contributed by atoms with van der Waals surface area (Å²) < 4.78 is 11.1. The first kappa shape index (κ1) is 52.7. The molecule has 3 saturated heterocycles. The van der Waals surface area contributed by atoms with Crippen molar-refractivity contribution in [2.45, 2.75) is 164 Å². The number of amides is 3. The topological polar surface area (TPSA) is 165 Å². The number of carbonyl (C=O) groups excluding carboxylic acids is 8. The average Bonchev–Trinajstić information content (AvgIpc) is 3.88. The zero-order valence-electron chi connectivity index (χ0n) is 37.0. The predicted octanol–water partition coefficient (Wildman–Crippen LogP) is 8.30. The molecule has 13 nitrogen and oxygen atoms in total. The monoisotopic (exact) mass is 828 g/mol. The lowest BCUT2D eigenvalue weighted by molar-refractivity contribution is -0.193. The second-order valence-electron chi connectivity index (χ2n) is 20.1. The quantitative estimate of drug-likeness (QED) is 0.252. The number of ether oxygens (including phenoxy) is 2. The second-order valence-corrected chi connectivity index (χ2v) is 20.1. The van der Waals surface area contributed by atoms with Gasteiger partial charge in [0.15, 0.2) is 5.78 Å². The minimum absolute atomic E-state index is 0. The molecule has 0 radical (unpaired) electrons. The summed E-state index contributed by atoms with van der Waals surface area (Å²) in [7, 11) is 0. The third kappa shape index (κ3) is 13.6. The number of hydrogen-bond donors (Lipinski definition) is 0. The summed E-state index contributed by atoms with van der Waals surface area (Å²) in [6.07, 6.45) is 13.5. The van der Waals surface area contributed by atoms with Gasteiger partial charge in [-0.05, 0) is 103 Å². The summed E-state index contributed by atoms with van der Waals surface area (Å²) in [6, 6.07) is -0.510. The fourth-order valence-electron chi connectivity index (χ4n) is 9.30. The summed E-state index contributed by atoms with van der Waals surface area (Å²) in [5.41, 5.74) is -1.06. The molecule has 332 valence electrons. The van der Waals surface area contributed by atoms with Gasteiger partial charge in [-0.2, -0.15) is 19.2 Å². The lowest BCUT2D eigenvalue weighted by Gasteiger charge is -2.39. The van der Waals surface area contributed by atoms with E-state index < -0.39 is 29.4 Å². The lowest BCUT2D eigenvalue weighted by Crippen LogP contribution is -2.55. The van der Waals surface area contributed by atoms with Crippen molar-refractivity contribution in [1.82, 2.24) is 14.7 Å². The largest absolute Gasteiger partial charge is 0.444 e. The Bertz CT molecular complexity index is 1570. The van der Waals surface area contributed by atoms with Gasteiger partial charge >= 0.3 is 24.5 Å². The van der Waals surface area contributed by atoms with Crippen molar-refractivity contribution in [3.05, 3.63) is 37.5 Å². The first-order valence-electron chi connectivity index (χ1n) is 20.5. The Morgan fingerprint density at radius 3 is 1.63 bits per heavy atom. The molecule has 0 aromatic rings. The number of carbonyl (C=O) groups is 4. The fourth-order valence-corrected chi connectivity index (χ4v) is 9.30. The SMILES string of the molecule is C.C=C[C@H]1CC[C@@H](C(C)(C)C)C1C(=O)C1[C@@H](C=C)CCN1C(=O)OC(C)(C)C.CC(C)(C)OC(=O)N1CC[C@@H]2C=CC3CC[C@@H](C(C)(C)C)N3C(=O)C21.O=C=O.O=C=O. The van der Waals surface area contributed by atoms with E-state index in [9.17, 15) is 19.2 Å². The van der Waals surface area contributed by atoms with Gasteiger partial charge in [0.1, 0.15) is 23.3 Å². The molecule has 5 rings (SSSR count). The first-order chi connectivity index (χ1) is 26.7. The van der Waals surface area contributed by atoms with Crippen LogP contribution in [-0.2, 0) is 38.2 Å². The van der Waals surface area contributed by atoms with Crippen molar-refractivity contribution in [3.8, 4) is 0 Å². The smallest absolute Gasteiger partial charge is 0.410 e. The van der Waals surface area contributed by atoms with E-state index in [4.69, 9.17) is 28.7 Å². The van der Waals surface area contributed by atoms with E-state index in [1.165, 1.54) is 0 Å². The third-order valence-electron chi connectivity index (χ3n) is 11.7. The zero-order valence-corrected chi connectivity index (χ0v) is 37.0. The van der Waals surface area contributed by atoms with Crippen LogP contribution in [0.15, 0.2) is 37.5 Å². The maximum Gasteiger partial charge on any atom is 0.410 e. The third-order valence-corrected chi connectivity index (χ3v) is 11.7. The van der Waals surface area contributed by atoms with E-state index >= 15 is 0 Å². The number of nitrogens with zero attached hydrogens (tertiary/aromatic N) is 3. The average molecular weight is 828 g/mol. The van der Waals surface area contributed by atoms with Gasteiger partial charge in [0, 0.05) is 36.9 Å². The Morgan fingerprint density at radius 1 is 0.678 bits per heavy atom. The van der Waals surface area contributed by atoms with Crippen LogP contribution in [0.3, 0.4) is 0 Å². The van der Waals surface area contributed by atoms with Crippen molar-refractivity contribution in [3.63, 3.8) is 0 Å². The van der Waals surface area contributed by atoms with E-state index in [0.717, 1.165) is 38.5 Å². The summed E-state index contributed by atoms with van der Waals surface area (Å²) >= 11 is 0. The van der Waals surface area contributed by atoms with Crippen LogP contribution >= 0.6 is 0 Å². The molecule has 3 amide bonds. The van der Waals surface area contributed by atoms with Crippen LogP contribution in [0.4, 0.5) is 9.59 Å². The van der Waals surface area contributed by atoms with Gasteiger partial charge in [-0.25, -0.2) is 9.59 Å². The molecule has 5 aliphatic rings. The van der Waals surface area contributed by atoms with Crippen LogP contribution in [0, 0.1) is 40.4 Å². The van der Waals surface area contributed by atoms with E-state index in [1.54, 1.807) is 9.80 Å². The van der Waals surface area contributed by atoms with E-state index in [-0.39, 0.29) is 84.1 Å². The summed E-state index contributed by atoms with van der Waals surface area (Å²) in [4.78, 5) is 90.5. The Labute approximate surface area is 353 Å². The molecule has 0 aromatic carbocycles. The molecule has 0 spiro atoms. The van der Waals surface area contributed by atoms with Crippen LogP contribution in [0.2, 0.25) is 0 Å². The first-order valence-corrected chi connectivity index (χ1v) is 20.5. The molecular formula is C46H73N3O10. The normalized spacial score (nSPS) is 28.5. The van der Waals surface area contributed by atoms with E-state index in [2.05, 4.69) is 71.8 Å². The maximum atomic E-state index is 13.8. The molecule has 1 saturated carbocycles. The minimum atomic E-state index is -0.581. The molecule has 4 heterocycles. The van der Waals surface area contributed by atoms with Crippen LogP contribution in [-0.4, -0.2) is 99.3 Å². The number of Topliss-reactive ketones (excluding diaryl/α,β-unsaturated/α-hetero) is 1. The molecule has 9 atom stereocenters. The maximum absolute atomic E-state index is 13.8. The van der Waals surface area contributed by atoms with E-state index in [0.29, 0.717) is 19.0 Å². The van der Waals surface area contributed by atoms with Crippen LogP contribution in [0.25, 0.3) is 0 Å². The van der Waals surface area contributed by atoms with Gasteiger partial charge in [0.05, 0.1) is 6.04 Å². The van der Waals surface area contributed by atoms with Crippen molar-refractivity contribution >= 4 is 36.2 Å². The van der Waals surface area contributed by atoms with Gasteiger partial charge in [-0.3, -0.25) is 19.4 Å². The number of ketones is 1. The Balaban J connectivity index is 0.000000513. The van der Waals surface area contributed by atoms with Crippen molar-refractivity contribution in [1.29, 1.82) is 0 Å². The highest BCUT2D eigenvalue weighted by Crippen LogP contribution is 2.49. The summed E-state index contributed by atoms with van der Waals surface area (Å²) in [5.74, 6) is 0.708. The molecule has 0 aromatic heterocycles. The van der Waals surface area contributed by atoms with Crippen molar-refractivity contribution in [2.24, 2.45) is 40.4 Å². The summed E-state index contributed by atoms with van der Waals surface area (Å²) in [6.45, 7) is 33.4. The fraction of sp³-hybridized carbons (Fsp3) is 0.739. The Kier molecular flexibility index (Phi) is 19.0. The van der Waals surface area contributed by atoms with Crippen molar-refractivity contribution in [2.75, 3.05) is 13.1 Å².